The second kappa shape index (κ2) is 23.6. The van der Waals surface area contributed by atoms with Gasteiger partial charge in [-0.3, -0.25) is 14.4 Å². The standard InChI is InChI=1S/C44H62O12/c1-8-25-42(3,4)39(49)52-28-44(7,29-53-40(50)43(5,6)26-9-2)30-54-41(51)56-31-55-38(48)20-16-11-10-15-19-34-35(37(47)27-36(34)46)24-23-33(45)22-21-32-17-13-12-14-18-32/h1-2,10,12-15,17-18,33-37,45-47H,11,16,19-31H2,3-7H3/b15-10-/t33-,34+,35+,36-,37+/m0/s1. The lowest BCUT2D eigenvalue weighted by molar-refractivity contribution is -0.166. The van der Waals surface area contributed by atoms with Crippen LogP contribution in [0.2, 0.25) is 0 Å². The summed E-state index contributed by atoms with van der Waals surface area (Å²) < 4.78 is 26.1. The van der Waals surface area contributed by atoms with Crippen LogP contribution in [0.1, 0.15) is 104 Å². The maximum absolute atomic E-state index is 12.7. The van der Waals surface area contributed by atoms with Crippen molar-refractivity contribution in [3.63, 3.8) is 0 Å². The predicted molar refractivity (Wildman–Crippen MR) is 209 cm³/mol. The van der Waals surface area contributed by atoms with Crippen molar-refractivity contribution in [2.24, 2.45) is 28.1 Å². The number of aliphatic hydroxyl groups is 3. The van der Waals surface area contributed by atoms with Crippen LogP contribution in [-0.4, -0.2) is 84.3 Å². The summed E-state index contributed by atoms with van der Waals surface area (Å²) in [6, 6.07) is 9.98. The number of terminal acetylenes is 2. The summed E-state index contributed by atoms with van der Waals surface area (Å²) in [5.41, 5.74) is -1.94. The minimum atomic E-state index is -1.17. The van der Waals surface area contributed by atoms with Crippen molar-refractivity contribution < 1.29 is 58.2 Å². The Bertz CT molecular complexity index is 1460. The van der Waals surface area contributed by atoms with Gasteiger partial charge in [-0.1, -0.05) is 42.5 Å². The van der Waals surface area contributed by atoms with Crippen molar-refractivity contribution in [2.45, 2.75) is 124 Å². The van der Waals surface area contributed by atoms with Gasteiger partial charge in [-0.25, -0.2) is 4.79 Å². The lowest BCUT2D eigenvalue weighted by atomic mass is 9.85. The number of hydrogen-bond acceptors (Lipinski definition) is 12. The summed E-state index contributed by atoms with van der Waals surface area (Å²) in [5, 5.41) is 31.7. The first-order valence-corrected chi connectivity index (χ1v) is 19.3. The van der Waals surface area contributed by atoms with Crippen LogP contribution in [0.15, 0.2) is 42.5 Å². The number of benzene rings is 1. The fraction of sp³-hybridized carbons (Fsp3) is 0.636. The van der Waals surface area contributed by atoms with Crippen LogP contribution in [0.5, 0.6) is 0 Å². The quantitative estimate of drug-likeness (QED) is 0.0276. The van der Waals surface area contributed by atoms with E-state index < -0.39 is 65.4 Å². The van der Waals surface area contributed by atoms with Crippen molar-refractivity contribution in [1.82, 2.24) is 0 Å². The van der Waals surface area contributed by atoms with Gasteiger partial charge in [-0.05, 0) is 103 Å². The molecule has 0 bridgehead atoms. The lowest BCUT2D eigenvalue weighted by Gasteiger charge is -2.31. The molecule has 310 valence electrons. The fourth-order valence-electron chi connectivity index (χ4n) is 6.29. The van der Waals surface area contributed by atoms with E-state index in [0.717, 1.165) is 6.42 Å². The molecule has 2 rings (SSSR count). The molecule has 0 radical (unpaired) electrons. The van der Waals surface area contributed by atoms with E-state index in [2.05, 4.69) is 11.8 Å². The van der Waals surface area contributed by atoms with E-state index in [9.17, 15) is 34.5 Å². The van der Waals surface area contributed by atoms with Gasteiger partial charge in [0.05, 0.1) is 34.6 Å². The van der Waals surface area contributed by atoms with Crippen LogP contribution in [0.25, 0.3) is 0 Å². The second-order valence-corrected chi connectivity index (χ2v) is 16.4. The van der Waals surface area contributed by atoms with Crippen molar-refractivity contribution in [1.29, 1.82) is 0 Å². The van der Waals surface area contributed by atoms with Gasteiger partial charge in [0.2, 0.25) is 6.79 Å². The topological polar surface area (TPSA) is 175 Å². The number of carbonyl (C=O) groups is 4. The Kier molecular flexibility index (Phi) is 20.2. The fourth-order valence-corrected chi connectivity index (χ4v) is 6.29. The number of unbranched alkanes of at least 4 members (excludes halogenated alkanes) is 1. The monoisotopic (exact) mass is 782 g/mol. The molecule has 0 aliphatic heterocycles. The highest BCUT2D eigenvalue weighted by atomic mass is 16.8. The molecule has 5 atom stereocenters. The number of aryl methyl sites for hydroxylation is 1. The van der Waals surface area contributed by atoms with Gasteiger partial charge in [0.25, 0.3) is 0 Å². The smallest absolute Gasteiger partial charge is 0.464 e. The predicted octanol–water partition coefficient (Wildman–Crippen LogP) is 6.08. The minimum Gasteiger partial charge on any atom is -0.464 e. The normalized spacial score (nSPS) is 19.0. The molecule has 0 amide bonds. The molecule has 0 spiro atoms. The van der Waals surface area contributed by atoms with E-state index in [1.54, 1.807) is 34.6 Å². The lowest BCUT2D eigenvalue weighted by Crippen LogP contribution is -2.40. The average molecular weight is 783 g/mol. The zero-order valence-electron chi connectivity index (χ0n) is 33.7. The van der Waals surface area contributed by atoms with Gasteiger partial charge in [0.1, 0.15) is 19.8 Å². The van der Waals surface area contributed by atoms with Gasteiger partial charge < -0.3 is 39.0 Å². The van der Waals surface area contributed by atoms with Crippen molar-refractivity contribution in [3.05, 3.63) is 48.0 Å². The number of aliphatic hydroxyl groups excluding tert-OH is 3. The molecular weight excluding hydrogens is 720 g/mol. The van der Waals surface area contributed by atoms with Crippen LogP contribution < -0.4 is 0 Å². The number of carbonyl (C=O) groups excluding carboxylic acids is 4. The molecule has 56 heavy (non-hydrogen) atoms. The maximum atomic E-state index is 12.7. The van der Waals surface area contributed by atoms with Gasteiger partial charge >= 0.3 is 24.1 Å². The molecular formula is C44H62O12. The van der Waals surface area contributed by atoms with E-state index in [-0.39, 0.29) is 50.9 Å². The summed E-state index contributed by atoms with van der Waals surface area (Å²) in [6.07, 6.45) is 16.6. The van der Waals surface area contributed by atoms with E-state index in [4.69, 9.17) is 36.5 Å². The number of rotatable bonds is 24. The average Bonchev–Trinajstić information content (AvgIpc) is 3.42. The third kappa shape index (κ3) is 17.2. The Balaban J connectivity index is 1.74. The van der Waals surface area contributed by atoms with Gasteiger partial charge in [0.15, 0.2) is 0 Å². The molecule has 0 unspecified atom stereocenters. The number of hydrogen-bond donors (Lipinski definition) is 3. The molecule has 0 aromatic heterocycles. The molecule has 1 fully saturated rings. The van der Waals surface area contributed by atoms with Crippen LogP contribution >= 0.6 is 0 Å². The molecule has 0 saturated heterocycles. The maximum Gasteiger partial charge on any atom is 0.511 e. The first-order chi connectivity index (χ1) is 26.4. The van der Waals surface area contributed by atoms with Crippen molar-refractivity contribution in [3.8, 4) is 24.7 Å². The van der Waals surface area contributed by atoms with Crippen LogP contribution in [0.4, 0.5) is 4.79 Å². The van der Waals surface area contributed by atoms with Gasteiger partial charge in [0, 0.05) is 19.3 Å². The van der Waals surface area contributed by atoms with Gasteiger partial charge in [-0.2, -0.15) is 0 Å². The number of ether oxygens (including phenoxy) is 5. The first kappa shape index (κ1) is 47.8. The van der Waals surface area contributed by atoms with Crippen LogP contribution in [0, 0.1) is 52.8 Å². The number of esters is 3. The van der Waals surface area contributed by atoms with E-state index >= 15 is 0 Å². The molecule has 12 nitrogen and oxygen atoms in total. The summed E-state index contributed by atoms with van der Waals surface area (Å²) in [6.45, 7) is 6.53. The van der Waals surface area contributed by atoms with Crippen LogP contribution in [-0.2, 0) is 44.5 Å². The van der Waals surface area contributed by atoms with Crippen LogP contribution in [0.3, 0.4) is 0 Å². The third-order valence-corrected chi connectivity index (χ3v) is 10.0. The highest BCUT2D eigenvalue weighted by Crippen LogP contribution is 2.38. The number of allylic oxidation sites excluding steroid dienone is 2. The first-order valence-electron chi connectivity index (χ1n) is 19.3. The third-order valence-electron chi connectivity index (χ3n) is 10.0. The Morgan fingerprint density at radius 1 is 0.804 bits per heavy atom. The van der Waals surface area contributed by atoms with Crippen molar-refractivity contribution >= 4 is 24.1 Å². The largest absolute Gasteiger partial charge is 0.511 e. The Morgan fingerprint density at radius 2 is 1.38 bits per heavy atom. The highest BCUT2D eigenvalue weighted by Gasteiger charge is 2.41. The Morgan fingerprint density at radius 3 is 1.96 bits per heavy atom. The molecule has 0 heterocycles. The van der Waals surface area contributed by atoms with E-state index in [0.29, 0.717) is 44.9 Å². The molecule has 1 aromatic carbocycles. The highest BCUT2D eigenvalue weighted by molar-refractivity contribution is 5.77. The Labute approximate surface area is 332 Å². The van der Waals surface area contributed by atoms with E-state index in [1.807, 2.05) is 42.5 Å². The molecule has 1 saturated carbocycles. The van der Waals surface area contributed by atoms with Gasteiger partial charge in [-0.15, -0.1) is 24.7 Å². The molecule has 1 aliphatic carbocycles. The zero-order valence-corrected chi connectivity index (χ0v) is 33.7. The summed E-state index contributed by atoms with van der Waals surface area (Å²) in [5.74, 6) is 2.90. The van der Waals surface area contributed by atoms with E-state index in [1.165, 1.54) is 5.56 Å². The van der Waals surface area contributed by atoms with Crippen molar-refractivity contribution in [2.75, 3.05) is 26.6 Å². The summed E-state index contributed by atoms with van der Waals surface area (Å²) in [7, 11) is 0. The Hall–Kier alpha value is -4.36. The molecule has 12 heteroatoms. The summed E-state index contributed by atoms with van der Waals surface area (Å²) in [4.78, 5) is 49.9. The SMILES string of the molecule is C#CCC(C)(C)C(=O)OCC(C)(COC(=O)OCOC(=O)CCC/C=C\C[C@@H]1[C@@H](CC[C@@H](O)CCc2ccccc2)[C@H](O)C[C@@H]1O)COC(=O)C(C)(C)CC#C. The minimum absolute atomic E-state index is 0.0673. The molecule has 3 N–H and O–H groups in total. The summed E-state index contributed by atoms with van der Waals surface area (Å²) >= 11 is 0. The molecule has 1 aromatic rings. The molecule has 1 aliphatic rings. The second-order valence-electron chi connectivity index (χ2n) is 16.4. The zero-order chi connectivity index (χ0) is 41.8.